The first-order valence-corrected chi connectivity index (χ1v) is 6.23. The summed E-state index contributed by atoms with van der Waals surface area (Å²) in [7, 11) is 1.79. The lowest BCUT2D eigenvalue weighted by atomic mass is 10.0. The second kappa shape index (κ2) is 4.52. The third kappa shape index (κ3) is 1.97. The van der Waals surface area contributed by atoms with E-state index in [0.29, 0.717) is 22.3 Å². The van der Waals surface area contributed by atoms with E-state index in [2.05, 4.69) is 10.4 Å². The monoisotopic (exact) mass is 271 g/mol. The summed E-state index contributed by atoms with van der Waals surface area (Å²) in [5.74, 6) is 0.344. The highest BCUT2D eigenvalue weighted by atomic mass is 19.1. The number of nitrogens with zero attached hydrogens (tertiary/aromatic N) is 2. The van der Waals surface area contributed by atoms with Gasteiger partial charge in [0.25, 0.3) is 0 Å². The zero-order valence-electron chi connectivity index (χ0n) is 11.2. The number of anilines is 2. The molecule has 20 heavy (non-hydrogen) atoms. The van der Waals surface area contributed by atoms with E-state index < -0.39 is 0 Å². The number of benzene rings is 2. The van der Waals surface area contributed by atoms with Crippen LogP contribution in [0.15, 0.2) is 36.5 Å². The Morgan fingerprint density at radius 2 is 1.90 bits per heavy atom. The van der Waals surface area contributed by atoms with Crippen molar-refractivity contribution < 1.29 is 9.50 Å². The molecule has 4 nitrogen and oxygen atoms in total. The number of hydrogen-bond acceptors (Lipinski definition) is 3. The van der Waals surface area contributed by atoms with Gasteiger partial charge >= 0.3 is 0 Å². The van der Waals surface area contributed by atoms with Crippen molar-refractivity contribution in [2.75, 3.05) is 5.32 Å². The third-order valence-electron chi connectivity index (χ3n) is 3.29. The molecule has 0 aliphatic heterocycles. The zero-order chi connectivity index (χ0) is 14.3. The third-order valence-corrected chi connectivity index (χ3v) is 3.29. The number of aryl methyl sites for hydroxylation is 2. The molecule has 0 atom stereocenters. The molecule has 2 aromatic carbocycles. The van der Waals surface area contributed by atoms with Crippen molar-refractivity contribution in [3.05, 3.63) is 47.9 Å². The molecule has 0 amide bonds. The second-order valence-electron chi connectivity index (χ2n) is 4.75. The molecule has 0 saturated carbocycles. The number of hydrogen-bond donors (Lipinski definition) is 2. The van der Waals surface area contributed by atoms with Crippen LogP contribution in [0.4, 0.5) is 15.9 Å². The van der Waals surface area contributed by atoms with Crippen molar-refractivity contribution in [2.45, 2.75) is 6.92 Å². The summed E-state index contributed by atoms with van der Waals surface area (Å²) in [6.45, 7) is 1.81. The summed E-state index contributed by atoms with van der Waals surface area (Å²) in [5, 5.41) is 18.4. The summed E-state index contributed by atoms with van der Waals surface area (Å²) >= 11 is 0. The minimum Gasteiger partial charge on any atom is -0.507 e. The highest BCUT2D eigenvalue weighted by Gasteiger charge is 2.12. The first kappa shape index (κ1) is 12.5. The quantitative estimate of drug-likeness (QED) is 0.750. The molecule has 0 saturated heterocycles. The number of phenolic OH excluding ortho intramolecular Hbond substituents is 1. The average molecular weight is 271 g/mol. The van der Waals surface area contributed by atoms with E-state index in [1.54, 1.807) is 42.2 Å². The maximum atomic E-state index is 14.1. The van der Waals surface area contributed by atoms with Crippen LogP contribution in [0.3, 0.4) is 0 Å². The highest BCUT2D eigenvalue weighted by Crippen LogP contribution is 2.35. The van der Waals surface area contributed by atoms with Crippen LogP contribution in [0, 0.1) is 12.7 Å². The predicted molar refractivity (Wildman–Crippen MR) is 76.8 cm³/mol. The highest BCUT2D eigenvalue weighted by molar-refractivity contribution is 5.99. The Morgan fingerprint density at radius 1 is 1.15 bits per heavy atom. The Labute approximate surface area is 115 Å². The molecule has 0 aliphatic rings. The Bertz CT molecular complexity index is 795. The number of aromatic hydroxyl groups is 1. The largest absolute Gasteiger partial charge is 0.507 e. The average Bonchev–Trinajstić information content (AvgIpc) is 2.83. The molecular formula is C15H14FN3O. The molecule has 0 fully saturated rings. The Balaban J connectivity index is 2.18. The van der Waals surface area contributed by atoms with Gasteiger partial charge in [-0.1, -0.05) is 12.1 Å². The molecule has 0 bridgehead atoms. The molecule has 3 aromatic rings. The van der Waals surface area contributed by atoms with Gasteiger partial charge in [-0.15, -0.1) is 0 Å². The molecule has 0 spiro atoms. The van der Waals surface area contributed by atoms with E-state index in [1.165, 1.54) is 6.07 Å². The van der Waals surface area contributed by atoms with Crippen molar-refractivity contribution in [1.82, 2.24) is 9.78 Å². The molecule has 2 N–H and O–H groups in total. The normalized spacial score (nSPS) is 10.9. The Hall–Kier alpha value is -2.56. The molecule has 0 unspecified atom stereocenters. The summed E-state index contributed by atoms with van der Waals surface area (Å²) in [4.78, 5) is 0. The maximum absolute atomic E-state index is 14.1. The van der Waals surface area contributed by atoms with Crippen molar-refractivity contribution in [2.24, 2.45) is 7.05 Å². The molecule has 3 rings (SSSR count). The van der Waals surface area contributed by atoms with E-state index in [-0.39, 0.29) is 11.6 Å². The topological polar surface area (TPSA) is 50.1 Å². The molecule has 0 aliphatic carbocycles. The van der Waals surface area contributed by atoms with Crippen LogP contribution in [-0.4, -0.2) is 14.9 Å². The predicted octanol–water partition coefficient (Wildman–Crippen LogP) is 3.47. The van der Waals surface area contributed by atoms with Gasteiger partial charge < -0.3 is 10.4 Å². The lowest BCUT2D eigenvalue weighted by molar-refractivity contribution is 0.477. The minimum atomic E-state index is -0.383. The second-order valence-corrected chi connectivity index (χ2v) is 4.75. The van der Waals surface area contributed by atoms with E-state index in [1.807, 2.05) is 6.92 Å². The minimum absolute atomic E-state index is 0.173. The van der Waals surface area contributed by atoms with Crippen molar-refractivity contribution >= 4 is 22.3 Å². The number of rotatable bonds is 2. The van der Waals surface area contributed by atoms with E-state index >= 15 is 0 Å². The van der Waals surface area contributed by atoms with Gasteiger partial charge in [0.2, 0.25) is 0 Å². The fourth-order valence-electron chi connectivity index (χ4n) is 2.21. The summed E-state index contributed by atoms with van der Waals surface area (Å²) < 4.78 is 15.7. The first-order valence-electron chi connectivity index (χ1n) is 6.23. The van der Waals surface area contributed by atoms with Gasteiger partial charge in [0.1, 0.15) is 11.6 Å². The summed E-state index contributed by atoms with van der Waals surface area (Å²) in [6.07, 6.45) is 1.77. The van der Waals surface area contributed by atoms with Crippen LogP contribution < -0.4 is 5.32 Å². The smallest absolute Gasteiger partial charge is 0.152 e. The number of nitrogens with one attached hydrogen (secondary N) is 1. The van der Waals surface area contributed by atoms with Gasteiger partial charge in [-0.2, -0.15) is 5.10 Å². The van der Waals surface area contributed by atoms with Crippen LogP contribution in [0.1, 0.15) is 5.56 Å². The van der Waals surface area contributed by atoms with E-state index in [0.717, 1.165) is 5.56 Å². The van der Waals surface area contributed by atoms with Gasteiger partial charge in [0.05, 0.1) is 5.69 Å². The van der Waals surface area contributed by atoms with E-state index in [9.17, 15) is 9.50 Å². The molecule has 102 valence electrons. The Morgan fingerprint density at radius 3 is 2.60 bits per heavy atom. The molecule has 1 aromatic heterocycles. The SMILES string of the molecule is Cc1ccc2c(Nc3ccn(C)n3)c(F)ccc2c1O. The van der Waals surface area contributed by atoms with E-state index in [4.69, 9.17) is 0 Å². The standard InChI is InChI=1S/C15H14FN3O/c1-9-3-4-10-11(15(9)20)5-6-12(16)14(10)17-13-7-8-19(2)18-13/h3-8,20H,1-2H3,(H,17,18). The van der Waals surface area contributed by atoms with Gasteiger partial charge in [-0.3, -0.25) is 4.68 Å². The van der Waals surface area contributed by atoms with Crippen LogP contribution in [-0.2, 0) is 7.05 Å². The van der Waals surface area contributed by atoms with Crippen LogP contribution in [0.25, 0.3) is 10.8 Å². The lowest BCUT2D eigenvalue weighted by Gasteiger charge is -2.11. The Kier molecular flexibility index (Phi) is 2.82. The van der Waals surface area contributed by atoms with Gasteiger partial charge in [-0.05, 0) is 24.6 Å². The molecule has 5 heteroatoms. The molecular weight excluding hydrogens is 257 g/mol. The number of aromatic nitrogens is 2. The van der Waals surface area contributed by atoms with Crippen molar-refractivity contribution in [3.63, 3.8) is 0 Å². The van der Waals surface area contributed by atoms with Crippen molar-refractivity contribution in [3.8, 4) is 5.75 Å². The maximum Gasteiger partial charge on any atom is 0.152 e. The summed E-state index contributed by atoms with van der Waals surface area (Å²) in [6, 6.07) is 8.23. The lowest BCUT2D eigenvalue weighted by Crippen LogP contribution is -1.97. The molecule has 0 radical (unpaired) electrons. The van der Waals surface area contributed by atoms with Crippen molar-refractivity contribution in [1.29, 1.82) is 0 Å². The number of halogens is 1. The van der Waals surface area contributed by atoms with Gasteiger partial charge in [0, 0.05) is 30.1 Å². The fraction of sp³-hybridized carbons (Fsp3) is 0.133. The van der Waals surface area contributed by atoms with Crippen LogP contribution in [0.2, 0.25) is 0 Å². The summed E-state index contributed by atoms with van der Waals surface area (Å²) in [5.41, 5.74) is 1.07. The van der Waals surface area contributed by atoms with Gasteiger partial charge in [0.15, 0.2) is 5.82 Å². The number of phenols is 1. The van der Waals surface area contributed by atoms with Gasteiger partial charge in [-0.25, -0.2) is 4.39 Å². The first-order chi connectivity index (χ1) is 9.56. The molecule has 1 heterocycles. The van der Waals surface area contributed by atoms with Crippen LogP contribution in [0.5, 0.6) is 5.75 Å². The fourth-order valence-corrected chi connectivity index (χ4v) is 2.21. The number of fused-ring (bicyclic) bond motifs is 1. The zero-order valence-corrected chi connectivity index (χ0v) is 11.2. The van der Waals surface area contributed by atoms with Crippen LogP contribution >= 0.6 is 0 Å².